The molecule has 2 fully saturated rings. The van der Waals surface area contributed by atoms with Gasteiger partial charge in [-0.2, -0.15) is 0 Å². The molecule has 1 N–H and O–H groups in total. The smallest absolute Gasteiger partial charge is 0.307 e. The van der Waals surface area contributed by atoms with Gasteiger partial charge in [-0.1, -0.05) is 31.0 Å². The van der Waals surface area contributed by atoms with Crippen molar-refractivity contribution < 1.29 is 9.90 Å². The molecule has 1 aromatic rings. The molecule has 3 aliphatic rings. The Labute approximate surface area is 132 Å². The van der Waals surface area contributed by atoms with Crippen LogP contribution in [0.15, 0.2) is 18.2 Å². The summed E-state index contributed by atoms with van der Waals surface area (Å²) in [6.07, 6.45) is 7.87. The molecular formula is C19H25NO2. The van der Waals surface area contributed by atoms with Gasteiger partial charge >= 0.3 is 5.97 Å². The fourth-order valence-electron chi connectivity index (χ4n) is 5.53. The van der Waals surface area contributed by atoms with E-state index < -0.39 is 5.97 Å². The van der Waals surface area contributed by atoms with Crippen molar-refractivity contribution in [3.05, 3.63) is 34.9 Å². The number of likely N-dealkylation sites (tertiary alicyclic amines) is 1. The third kappa shape index (κ3) is 2.02. The molecule has 0 unspecified atom stereocenters. The molecule has 2 aliphatic carbocycles. The van der Waals surface area contributed by atoms with E-state index in [1.807, 2.05) is 6.07 Å². The van der Waals surface area contributed by atoms with Gasteiger partial charge in [0, 0.05) is 11.5 Å². The van der Waals surface area contributed by atoms with E-state index in [9.17, 15) is 4.79 Å². The van der Waals surface area contributed by atoms with Crippen molar-refractivity contribution in [3.8, 4) is 0 Å². The maximum atomic E-state index is 11.1. The molecular weight excluding hydrogens is 274 g/mol. The molecule has 1 saturated carbocycles. The van der Waals surface area contributed by atoms with Crippen molar-refractivity contribution in [1.29, 1.82) is 0 Å². The first-order valence-electron chi connectivity index (χ1n) is 8.64. The third-order valence-electron chi connectivity index (χ3n) is 6.53. The van der Waals surface area contributed by atoms with Crippen LogP contribution >= 0.6 is 0 Å². The maximum absolute atomic E-state index is 11.1. The number of aliphatic carboxylic acids is 1. The quantitative estimate of drug-likeness (QED) is 0.912. The second-order valence-electron chi connectivity index (χ2n) is 7.57. The summed E-state index contributed by atoms with van der Waals surface area (Å²) < 4.78 is 0. The SMILES string of the molecule is CN1CC[C@]23CCCC[C@@H]2[C@H]1Cc1ccc(CC(=O)O)cc13. The minimum atomic E-state index is -0.727. The Balaban J connectivity index is 1.82. The highest BCUT2D eigenvalue weighted by atomic mass is 16.4. The molecule has 118 valence electrons. The predicted octanol–water partition coefficient (Wildman–Crippen LogP) is 3.00. The first-order chi connectivity index (χ1) is 10.6. The number of likely N-dealkylation sites (N-methyl/N-ethyl adjacent to an activating group) is 1. The van der Waals surface area contributed by atoms with Crippen LogP contribution in [0, 0.1) is 5.92 Å². The molecule has 3 nitrogen and oxygen atoms in total. The lowest BCUT2D eigenvalue weighted by Gasteiger charge is -2.58. The van der Waals surface area contributed by atoms with E-state index in [0.717, 1.165) is 17.9 Å². The van der Waals surface area contributed by atoms with Gasteiger partial charge < -0.3 is 10.0 Å². The molecule has 0 radical (unpaired) electrons. The summed E-state index contributed by atoms with van der Waals surface area (Å²) in [7, 11) is 2.28. The first kappa shape index (κ1) is 14.3. The number of carbonyl (C=O) groups is 1. The van der Waals surface area contributed by atoms with Crippen LogP contribution in [0.5, 0.6) is 0 Å². The monoisotopic (exact) mass is 299 g/mol. The fraction of sp³-hybridized carbons (Fsp3) is 0.632. The van der Waals surface area contributed by atoms with E-state index in [-0.39, 0.29) is 6.42 Å². The van der Waals surface area contributed by atoms with Crippen molar-refractivity contribution in [1.82, 2.24) is 4.90 Å². The summed E-state index contributed by atoms with van der Waals surface area (Å²) in [5, 5.41) is 9.11. The van der Waals surface area contributed by atoms with Crippen LogP contribution in [-0.4, -0.2) is 35.6 Å². The van der Waals surface area contributed by atoms with Crippen LogP contribution in [0.1, 0.15) is 48.8 Å². The Kier molecular flexibility index (Phi) is 3.30. The minimum Gasteiger partial charge on any atom is -0.481 e. The number of benzene rings is 1. The van der Waals surface area contributed by atoms with Crippen LogP contribution in [-0.2, 0) is 23.1 Å². The van der Waals surface area contributed by atoms with Crippen molar-refractivity contribution in [2.45, 2.75) is 56.4 Å². The maximum Gasteiger partial charge on any atom is 0.307 e. The van der Waals surface area contributed by atoms with Crippen molar-refractivity contribution in [2.24, 2.45) is 5.92 Å². The Morgan fingerprint density at radius 2 is 2.23 bits per heavy atom. The van der Waals surface area contributed by atoms with Gasteiger partial charge in [0.05, 0.1) is 6.42 Å². The highest BCUT2D eigenvalue weighted by Gasteiger charge is 2.52. The lowest BCUT2D eigenvalue weighted by Crippen LogP contribution is -2.59. The molecule has 0 aromatic heterocycles. The zero-order valence-corrected chi connectivity index (χ0v) is 13.3. The molecule has 1 heterocycles. The molecule has 0 spiro atoms. The molecule has 1 aromatic carbocycles. The van der Waals surface area contributed by atoms with E-state index >= 15 is 0 Å². The normalized spacial score (nSPS) is 33.9. The number of hydrogen-bond donors (Lipinski definition) is 1. The summed E-state index contributed by atoms with van der Waals surface area (Å²) in [6.45, 7) is 1.18. The summed E-state index contributed by atoms with van der Waals surface area (Å²) in [5.41, 5.74) is 4.28. The molecule has 0 amide bonds. The summed E-state index contributed by atoms with van der Waals surface area (Å²) in [4.78, 5) is 13.6. The fourth-order valence-corrected chi connectivity index (χ4v) is 5.53. The predicted molar refractivity (Wildman–Crippen MR) is 86.2 cm³/mol. The van der Waals surface area contributed by atoms with Gasteiger partial charge in [-0.05, 0) is 61.9 Å². The Hall–Kier alpha value is -1.35. The van der Waals surface area contributed by atoms with Crippen LogP contribution in [0.2, 0.25) is 0 Å². The lowest BCUT2D eigenvalue weighted by atomic mass is 9.52. The van der Waals surface area contributed by atoms with E-state index in [0.29, 0.717) is 11.5 Å². The number of piperidine rings is 1. The largest absolute Gasteiger partial charge is 0.481 e. The Morgan fingerprint density at radius 3 is 3.05 bits per heavy atom. The Morgan fingerprint density at radius 1 is 1.36 bits per heavy atom. The number of nitrogens with zero attached hydrogens (tertiary/aromatic N) is 1. The number of rotatable bonds is 2. The van der Waals surface area contributed by atoms with Gasteiger partial charge in [0.2, 0.25) is 0 Å². The highest BCUT2D eigenvalue weighted by Crippen LogP contribution is 2.55. The molecule has 2 bridgehead atoms. The van der Waals surface area contributed by atoms with Gasteiger partial charge in [0.1, 0.15) is 0 Å². The van der Waals surface area contributed by atoms with Gasteiger partial charge in [-0.15, -0.1) is 0 Å². The molecule has 3 atom stereocenters. The molecule has 22 heavy (non-hydrogen) atoms. The molecule has 1 saturated heterocycles. The third-order valence-corrected chi connectivity index (χ3v) is 6.53. The van der Waals surface area contributed by atoms with Crippen LogP contribution in [0.25, 0.3) is 0 Å². The first-order valence-corrected chi connectivity index (χ1v) is 8.64. The Bertz CT molecular complexity index is 611. The average Bonchev–Trinajstić information content (AvgIpc) is 2.51. The summed E-state index contributed by atoms with van der Waals surface area (Å²) in [6, 6.07) is 7.17. The number of carboxylic acid groups (broad SMARTS) is 1. The van der Waals surface area contributed by atoms with Crippen LogP contribution < -0.4 is 0 Å². The van der Waals surface area contributed by atoms with Crippen molar-refractivity contribution >= 4 is 5.97 Å². The molecule has 4 rings (SSSR count). The topological polar surface area (TPSA) is 40.5 Å². The average molecular weight is 299 g/mol. The van der Waals surface area contributed by atoms with E-state index in [4.69, 9.17) is 5.11 Å². The second-order valence-corrected chi connectivity index (χ2v) is 7.57. The van der Waals surface area contributed by atoms with E-state index in [2.05, 4.69) is 24.1 Å². The molecule has 3 heteroatoms. The van der Waals surface area contributed by atoms with E-state index in [1.54, 1.807) is 0 Å². The number of carboxylic acids is 1. The summed E-state index contributed by atoms with van der Waals surface area (Å²) in [5.74, 6) is 0.0438. The van der Waals surface area contributed by atoms with Gasteiger partial charge in [-0.3, -0.25) is 4.79 Å². The zero-order chi connectivity index (χ0) is 15.3. The number of hydrogen-bond acceptors (Lipinski definition) is 2. The van der Waals surface area contributed by atoms with Gasteiger partial charge in [0.15, 0.2) is 0 Å². The standard InChI is InChI=1S/C19H25NO2/c1-20-9-8-19-7-3-2-4-15(19)17(20)12-14-6-5-13(10-16(14)19)11-18(21)22/h5-6,10,15,17H,2-4,7-9,11-12H2,1H3,(H,21,22)/t15-,17-,19-/m1/s1. The van der Waals surface area contributed by atoms with Crippen LogP contribution in [0.3, 0.4) is 0 Å². The van der Waals surface area contributed by atoms with Crippen molar-refractivity contribution in [2.75, 3.05) is 13.6 Å². The molecule has 1 aliphatic heterocycles. The van der Waals surface area contributed by atoms with Gasteiger partial charge in [-0.25, -0.2) is 0 Å². The van der Waals surface area contributed by atoms with E-state index in [1.165, 1.54) is 49.8 Å². The number of fused-ring (bicyclic) bond motifs is 1. The van der Waals surface area contributed by atoms with Crippen molar-refractivity contribution in [3.63, 3.8) is 0 Å². The lowest BCUT2D eigenvalue weighted by molar-refractivity contribution is -0.136. The summed E-state index contributed by atoms with van der Waals surface area (Å²) >= 11 is 0. The van der Waals surface area contributed by atoms with Crippen LogP contribution in [0.4, 0.5) is 0 Å². The van der Waals surface area contributed by atoms with Gasteiger partial charge in [0.25, 0.3) is 0 Å². The second kappa shape index (κ2) is 5.09. The highest BCUT2D eigenvalue weighted by molar-refractivity contribution is 5.70. The zero-order valence-electron chi connectivity index (χ0n) is 13.3. The minimum absolute atomic E-state index is 0.150.